The van der Waals surface area contributed by atoms with Gasteiger partial charge in [-0.2, -0.15) is 0 Å². The Bertz CT molecular complexity index is 357. The van der Waals surface area contributed by atoms with Crippen molar-refractivity contribution in [1.29, 1.82) is 0 Å². The molecule has 0 saturated heterocycles. The number of carbonyl (C=O) groups is 1. The number of aliphatic hydroxyl groups is 2. The van der Waals surface area contributed by atoms with Crippen LogP contribution in [0.25, 0.3) is 0 Å². The summed E-state index contributed by atoms with van der Waals surface area (Å²) in [5.74, 6) is 0. The highest BCUT2D eigenvalue weighted by Gasteiger charge is 2.41. The van der Waals surface area contributed by atoms with Crippen LogP contribution in [0.5, 0.6) is 0 Å². The van der Waals surface area contributed by atoms with Crippen molar-refractivity contribution >= 4 is 6.29 Å². The first-order valence-corrected chi connectivity index (χ1v) is 5.42. The summed E-state index contributed by atoms with van der Waals surface area (Å²) >= 11 is 0. The van der Waals surface area contributed by atoms with Crippen molar-refractivity contribution in [3.8, 4) is 0 Å². The Balaban J connectivity index is 2.49. The quantitative estimate of drug-likeness (QED) is 0.723. The summed E-state index contributed by atoms with van der Waals surface area (Å²) in [7, 11) is 0. The van der Waals surface area contributed by atoms with Crippen LogP contribution < -0.4 is 0 Å². The maximum absolute atomic E-state index is 10.6. The molecule has 0 aliphatic rings. The van der Waals surface area contributed by atoms with E-state index in [0.717, 1.165) is 5.56 Å². The lowest BCUT2D eigenvalue weighted by Gasteiger charge is -2.33. The predicted octanol–water partition coefficient (Wildman–Crippen LogP) is 0.904. The molecule has 4 heteroatoms. The van der Waals surface area contributed by atoms with E-state index in [1.165, 1.54) is 13.8 Å². The smallest absolute Gasteiger partial charge is 0.154 e. The van der Waals surface area contributed by atoms with Gasteiger partial charge in [0, 0.05) is 0 Å². The first-order valence-electron chi connectivity index (χ1n) is 5.42. The Morgan fingerprint density at radius 3 is 2.35 bits per heavy atom. The minimum atomic E-state index is -1.82. The molecule has 0 aliphatic heterocycles. The molecule has 0 bridgehead atoms. The first kappa shape index (κ1) is 13.8. The van der Waals surface area contributed by atoms with Crippen LogP contribution in [0, 0.1) is 0 Å². The molecule has 94 valence electrons. The highest BCUT2D eigenvalue weighted by atomic mass is 16.5. The second kappa shape index (κ2) is 5.40. The average molecular weight is 238 g/mol. The zero-order valence-corrected chi connectivity index (χ0v) is 10.1. The third kappa shape index (κ3) is 3.63. The molecule has 0 spiro atoms. The van der Waals surface area contributed by atoms with E-state index in [-0.39, 0.29) is 6.61 Å². The molecule has 4 nitrogen and oxygen atoms in total. The zero-order valence-electron chi connectivity index (χ0n) is 10.1. The van der Waals surface area contributed by atoms with E-state index in [4.69, 9.17) is 4.74 Å². The molecule has 2 N–H and O–H groups in total. The van der Waals surface area contributed by atoms with Gasteiger partial charge in [-0.15, -0.1) is 0 Å². The van der Waals surface area contributed by atoms with E-state index in [0.29, 0.717) is 12.9 Å². The lowest BCUT2D eigenvalue weighted by atomic mass is 9.88. The van der Waals surface area contributed by atoms with Gasteiger partial charge in [-0.1, -0.05) is 30.3 Å². The summed E-state index contributed by atoms with van der Waals surface area (Å²) in [6.45, 7) is 2.83. The van der Waals surface area contributed by atoms with Gasteiger partial charge in [-0.25, -0.2) is 0 Å². The van der Waals surface area contributed by atoms with Gasteiger partial charge in [0.25, 0.3) is 0 Å². The van der Waals surface area contributed by atoms with E-state index in [9.17, 15) is 15.0 Å². The Morgan fingerprint density at radius 2 is 1.82 bits per heavy atom. The first-order chi connectivity index (χ1) is 7.89. The summed E-state index contributed by atoms with van der Waals surface area (Å²) in [5.41, 5.74) is -2.46. The number of rotatable bonds is 6. The van der Waals surface area contributed by atoms with Crippen LogP contribution in [0.1, 0.15) is 19.4 Å². The van der Waals surface area contributed by atoms with Crippen molar-refractivity contribution in [2.75, 3.05) is 6.61 Å². The van der Waals surface area contributed by atoms with E-state index in [1.807, 2.05) is 30.3 Å². The fourth-order valence-electron chi connectivity index (χ4n) is 1.21. The standard InChI is InChI=1S/C13H18O4/c1-12(15,9-14)13(2,16)10-17-8-11-6-4-3-5-7-11/h3-7,9,15-16H,8,10H2,1-2H3. The van der Waals surface area contributed by atoms with Gasteiger partial charge in [0.15, 0.2) is 6.29 Å². The highest BCUT2D eigenvalue weighted by molar-refractivity contribution is 5.63. The minimum absolute atomic E-state index is 0.117. The van der Waals surface area contributed by atoms with Crippen molar-refractivity contribution in [3.05, 3.63) is 35.9 Å². The lowest BCUT2D eigenvalue weighted by Crippen LogP contribution is -2.54. The Kier molecular flexibility index (Phi) is 4.40. The fourth-order valence-corrected chi connectivity index (χ4v) is 1.21. The molecular formula is C13H18O4. The van der Waals surface area contributed by atoms with Crippen molar-refractivity contribution in [2.24, 2.45) is 0 Å². The fraction of sp³-hybridized carbons (Fsp3) is 0.462. The normalized spacial score (nSPS) is 18.1. The number of benzene rings is 1. The largest absolute Gasteiger partial charge is 0.384 e. The van der Waals surface area contributed by atoms with Crippen LogP contribution in [0.15, 0.2) is 30.3 Å². The topological polar surface area (TPSA) is 66.8 Å². The van der Waals surface area contributed by atoms with Gasteiger partial charge < -0.3 is 19.7 Å². The van der Waals surface area contributed by atoms with Crippen LogP contribution in [-0.4, -0.2) is 34.3 Å². The molecule has 0 aliphatic carbocycles. The molecule has 1 aromatic carbocycles. The summed E-state index contributed by atoms with van der Waals surface area (Å²) in [6.07, 6.45) is 0.318. The molecule has 1 aromatic rings. The number of hydrogen-bond donors (Lipinski definition) is 2. The molecule has 2 unspecified atom stereocenters. The average Bonchev–Trinajstić information content (AvgIpc) is 2.30. The summed E-state index contributed by atoms with van der Waals surface area (Å²) in [4.78, 5) is 10.6. The SMILES string of the molecule is CC(O)(C=O)C(C)(O)COCc1ccccc1. The number of carbonyl (C=O) groups excluding carboxylic acids is 1. The molecule has 0 saturated carbocycles. The molecule has 17 heavy (non-hydrogen) atoms. The van der Waals surface area contributed by atoms with Crippen molar-refractivity contribution in [2.45, 2.75) is 31.7 Å². The van der Waals surface area contributed by atoms with E-state index < -0.39 is 11.2 Å². The molecule has 1 rings (SSSR count). The molecule has 0 aromatic heterocycles. The van der Waals surface area contributed by atoms with Gasteiger partial charge in [0.05, 0.1) is 13.2 Å². The lowest BCUT2D eigenvalue weighted by molar-refractivity contribution is -0.168. The molecule has 0 fully saturated rings. The molecule has 0 amide bonds. The second-order valence-corrected chi connectivity index (χ2v) is 4.52. The maximum atomic E-state index is 10.6. The molecular weight excluding hydrogens is 220 g/mol. The van der Waals surface area contributed by atoms with Crippen LogP contribution in [0.3, 0.4) is 0 Å². The third-order valence-electron chi connectivity index (χ3n) is 2.81. The summed E-state index contributed by atoms with van der Waals surface area (Å²) < 4.78 is 5.30. The number of hydrogen-bond acceptors (Lipinski definition) is 4. The van der Waals surface area contributed by atoms with Crippen LogP contribution in [0.2, 0.25) is 0 Å². The van der Waals surface area contributed by atoms with Gasteiger partial charge in [0.2, 0.25) is 0 Å². The number of ether oxygens (including phenoxy) is 1. The Labute approximate surface area is 101 Å². The second-order valence-electron chi connectivity index (χ2n) is 4.52. The van der Waals surface area contributed by atoms with Gasteiger partial charge in [0.1, 0.15) is 11.2 Å². The van der Waals surface area contributed by atoms with Crippen LogP contribution in [-0.2, 0) is 16.1 Å². The minimum Gasteiger partial charge on any atom is -0.384 e. The Hall–Kier alpha value is -1.23. The van der Waals surface area contributed by atoms with Crippen LogP contribution in [0.4, 0.5) is 0 Å². The van der Waals surface area contributed by atoms with E-state index >= 15 is 0 Å². The van der Waals surface area contributed by atoms with Gasteiger partial charge in [-0.05, 0) is 19.4 Å². The number of aldehydes is 1. The van der Waals surface area contributed by atoms with Crippen molar-refractivity contribution in [1.82, 2.24) is 0 Å². The van der Waals surface area contributed by atoms with Crippen LogP contribution >= 0.6 is 0 Å². The molecule has 0 radical (unpaired) electrons. The predicted molar refractivity (Wildman–Crippen MR) is 63.4 cm³/mol. The van der Waals surface area contributed by atoms with E-state index in [2.05, 4.69) is 0 Å². The molecule has 0 heterocycles. The van der Waals surface area contributed by atoms with Gasteiger partial charge in [-0.3, -0.25) is 0 Å². The van der Waals surface area contributed by atoms with Crippen molar-refractivity contribution < 1.29 is 19.7 Å². The highest BCUT2D eigenvalue weighted by Crippen LogP contribution is 2.20. The van der Waals surface area contributed by atoms with E-state index in [1.54, 1.807) is 0 Å². The van der Waals surface area contributed by atoms with Gasteiger partial charge >= 0.3 is 0 Å². The zero-order chi connectivity index (χ0) is 12.9. The molecule has 2 atom stereocenters. The third-order valence-corrected chi connectivity index (χ3v) is 2.81. The monoisotopic (exact) mass is 238 g/mol. The summed E-state index contributed by atoms with van der Waals surface area (Å²) in [6, 6.07) is 9.47. The summed E-state index contributed by atoms with van der Waals surface area (Å²) in [5, 5.41) is 19.6. The maximum Gasteiger partial charge on any atom is 0.154 e. The van der Waals surface area contributed by atoms with Crippen molar-refractivity contribution in [3.63, 3.8) is 0 Å². The Morgan fingerprint density at radius 1 is 1.24 bits per heavy atom.